The maximum Gasteiger partial charge on any atom is 0.152 e. The Labute approximate surface area is 113 Å². The molecule has 88 valence electrons. The van der Waals surface area contributed by atoms with Crippen molar-refractivity contribution in [2.75, 3.05) is 0 Å². The van der Waals surface area contributed by atoms with Gasteiger partial charge in [-0.25, -0.2) is 4.68 Å². The molecule has 0 aliphatic rings. The standard InChI is InChI=1S/C12H10BrClN2O/c1-7-12(14)8(2)16(15-7)11-5-10(13)4-3-9(11)6-17/h3-6H,1-2H3. The van der Waals surface area contributed by atoms with Gasteiger partial charge in [-0.05, 0) is 32.0 Å². The largest absolute Gasteiger partial charge is 0.298 e. The Bertz CT molecular complexity index is 592. The predicted octanol–water partition coefficient (Wildman–Crippen LogP) is 3.72. The predicted molar refractivity (Wildman–Crippen MR) is 71.1 cm³/mol. The van der Waals surface area contributed by atoms with Crippen molar-refractivity contribution in [3.05, 3.63) is 44.6 Å². The number of aromatic nitrogens is 2. The van der Waals surface area contributed by atoms with Gasteiger partial charge in [-0.2, -0.15) is 5.10 Å². The SMILES string of the molecule is Cc1nn(-c2cc(Br)ccc2C=O)c(C)c1Cl. The summed E-state index contributed by atoms with van der Waals surface area (Å²) in [5.41, 5.74) is 2.88. The van der Waals surface area contributed by atoms with E-state index in [9.17, 15) is 4.79 Å². The number of rotatable bonds is 2. The van der Waals surface area contributed by atoms with Crippen LogP contribution in [0.15, 0.2) is 22.7 Å². The average Bonchev–Trinajstić information content (AvgIpc) is 2.57. The molecule has 0 atom stereocenters. The molecule has 0 saturated carbocycles. The molecule has 0 amide bonds. The third-order valence-electron chi connectivity index (χ3n) is 2.55. The minimum Gasteiger partial charge on any atom is -0.298 e. The Balaban J connectivity index is 2.71. The van der Waals surface area contributed by atoms with Crippen LogP contribution in [0.4, 0.5) is 0 Å². The summed E-state index contributed by atoms with van der Waals surface area (Å²) in [7, 11) is 0. The van der Waals surface area contributed by atoms with Gasteiger partial charge in [-0.15, -0.1) is 0 Å². The van der Waals surface area contributed by atoms with Crippen LogP contribution < -0.4 is 0 Å². The Morgan fingerprint density at radius 1 is 1.41 bits per heavy atom. The molecule has 1 aromatic heterocycles. The lowest BCUT2D eigenvalue weighted by atomic mass is 10.2. The summed E-state index contributed by atoms with van der Waals surface area (Å²) in [6.45, 7) is 3.71. The molecule has 0 bridgehead atoms. The van der Waals surface area contributed by atoms with Gasteiger partial charge in [0.1, 0.15) is 0 Å². The number of nitrogens with zero attached hydrogens (tertiary/aromatic N) is 2. The van der Waals surface area contributed by atoms with Gasteiger partial charge in [-0.1, -0.05) is 27.5 Å². The van der Waals surface area contributed by atoms with Crippen molar-refractivity contribution < 1.29 is 4.79 Å². The second kappa shape index (κ2) is 4.63. The van der Waals surface area contributed by atoms with E-state index < -0.39 is 0 Å². The van der Waals surface area contributed by atoms with Crippen molar-refractivity contribution in [1.82, 2.24) is 9.78 Å². The van der Waals surface area contributed by atoms with E-state index in [-0.39, 0.29) is 0 Å². The van der Waals surface area contributed by atoms with E-state index in [1.54, 1.807) is 10.7 Å². The monoisotopic (exact) mass is 312 g/mol. The fraction of sp³-hybridized carbons (Fsp3) is 0.167. The van der Waals surface area contributed by atoms with Crippen molar-refractivity contribution in [1.29, 1.82) is 0 Å². The van der Waals surface area contributed by atoms with Crippen LogP contribution in [-0.4, -0.2) is 16.1 Å². The first-order valence-corrected chi connectivity index (χ1v) is 6.18. The molecule has 0 N–H and O–H groups in total. The van der Waals surface area contributed by atoms with Crippen LogP contribution in [0.2, 0.25) is 5.02 Å². The molecule has 0 aliphatic heterocycles. The van der Waals surface area contributed by atoms with Crippen molar-refractivity contribution >= 4 is 33.8 Å². The summed E-state index contributed by atoms with van der Waals surface area (Å²) < 4.78 is 2.58. The number of benzene rings is 1. The highest BCUT2D eigenvalue weighted by Gasteiger charge is 2.13. The second-order valence-corrected chi connectivity index (χ2v) is 5.01. The smallest absolute Gasteiger partial charge is 0.152 e. The lowest BCUT2D eigenvalue weighted by Gasteiger charge is -2.07. The second-order valence-electron chi connectivity index (χ2n) is 3.72. The lowest BCUT2D eigenvalue weighted by Crippen LogP contribution is -2.03. The van der Waals surface area contributed by atoms with Gasteiger partial charge < -0.3 is 0 Å². The van der Waals surface area contributed by atoms with Gasteiger partial charge in [-0.3, -0.25) is 4.79 Å². The van der Waals surface area contributed by atoms with Crippen molar-refractivity contribution in [2.45, 2.75) is 13.8 Å². The number of halogens is 2. The minimum absolute atomic E-state index is 0.579. The first-order valence-electron chi connectivity index (χ1n) is 5.01. The van der Waals surface area contributed by atoms with E-state index in [0.29, 0.717) is 10.6 Å². The Morgan fingerprint density at radius 3 is 2.65 bits per heavy atom. The molecule has 0 aliphatic carbocycles. The summed E-state index contributed by atoms with van der Waals surface area (Å²) in [6, 6.07) is 5.41. The minimum atomic E-state index is 0.579. The highest BCUT2D eigenvalue weighted by atomic mass is 79.9. The van der Waals surface area contributed by atoms with Crippen molar-refractivity contribution in [3.8, 4) is 5.69 Å². The van der Waals surface area contributed by atoms with E-state index in [1.165, 1.54) is 0 Å². The fourth-order valence-electron chi connectivity index (χ4n) is 1.66. The molecule has 0 unspecified atom stereocenters. The van der Waals surface area contributed by atoms with Crippen LogP contribution >= 0.6 is 27.5 Å². The number of carbonyl (C=O) groups excluding carboxylic acids is 1. The van der Waals surface area contributed by atoms with E-state index in [0.717, 1.165) is 27.8 Å². The summed E-state index contributed by atoms with van der Waals surface area (Å²) in [5.74, 6) is 0. The molecule has 5 heteroatoms. The lowest BCUT2D eigenvalue weighted by molar-refractivity contribution is 0.112. The van der Waals surface area contributed by atoms with Crippen LogP contribution in [-0.2, 0) is 0 Å². The van der Waals surface area contributed by atoms with Crippen molar-refractivity contribution in [3.63, 3.8) is 0 Å². The highest BCUT2D eigenvalue weighted by Crippen LogP contribution is 2.25. The first-order chi connectivity index (χ1) is 8.04. The molecule has 2 aromatic rings. The van der Waals surface area contributed by atoms with E-state index >= 15 is 0 Å². The van der Waals surface area contributed by atoms with Crippen LogP contribution in [0.25, 0.3) is 5.69 Å². The molecule has 3 nitrogen and oxygen atoms in total. The van der Waals surface area contributed by atoms with E-state index in [2.05, 4.69) is 21.0 Å². The maximum atomic E-state index is 11.0. The quantitative estimate of drug-likeness (QED) is 0.792. The van der Waals surface area contributed by atoms with Gasteiger partial charge in [0.05, 0.1) is 22.1 Å². The fourth-order valence-corrected chi connectivity index (χ4v) is 2.12. The van der Waals surface area contributed by atoms with Gasteiger partial charge in [0, 0.05) is 10.0 Å². The third kappa shape index (κ3) is 2.15. The number of hydrogen-bond acceptors (Lipinski definition) is 2. The van der Waals surface area contributed by atoms with Crippen LogP contribution in [0.3, 0.4) is 0 Å². The molecule has 0 spiro atoms. The Morgan fingerprint density at radius 2 is 2.12 bits per heavy atom. The number of hydrogen-bond donors (Lipinski definition) is 0. The number of carbonyl (C=O) groups is 1. The molecule has 2 rings (SSSR count). The van der Waals surface area contributed by atoms with Crippen LogP contribution in [0.1, 0.15) is 21.7 Å². The highest BCUT2D eigenvalue weighted by molar-refractivity contribution is 9.10. The molecule has 1 aromatic carbocycles. The molecule has 1 heterocycles. The number of aldehydes is 1. The van der Waals surface area contributed by atoms with E-state index in [1.807, 2.05) is 26.0 Å². The zero-order chi connectivity index (χ0) is 12.6. The summed E-state index contributed by atoms with van der Waals surface area (Å²) in [6.07, 6.45) is 0.812. The van der Waals surface area contributed by atoms with Gasteiger partial charge >= 0.3 is 0 Å². The molecular formula is C12H10BrClN2O. The van der Waals surface area contributed by atoms with Gasteiger partial charge in [0.15, 0.2) is 6.29 Å². The third-order valence-corrected chi connectivity index (χ3v) is 3.59. The molecule has 0 fully saturated rings. The van der Waals surface area contributed by atoms with Gasteiger partial charge in [0.25, 0.3) is 0 Å². The Hall–Kier alpha value is -1.13. The zero-order valence-corrected chi connectivity index (χ0v) is 11.7. The molecule has 0 saturated heterocycles. The zero-order valence-electron chi connectivity index (χ0n) is 9.37. The summed E-state index contributed by atoms with van der Waals surface area (Å²) >= 11 is 9.48. The molecule has 0 radical (unpaired) electrons. The average molecular weight is 314 g/mol. The maximum absolute atomic E-state index is 11.0. The number of aryl methyl sites for hydroxylation is 1. The molecule has 17 heavy (non-hydrogen) atoms. The normalized spacial score (nSPS) is 10.6. The summed E-state index contributed by atoms with van der Waals surface area (Å²) in [4.78, 5) is 11.0. The molecular weight excluding hydrogens is 304 g/mol. The first kappa shape index (κ1) is 12.3. The van der Waals surface area contributed by atoms with E-state index in [4.69, 9.17) is 11.6 Å². The topological polar surface area (TPSA) is 34.9 Å². The summed E-state index contributed by atoms with van der Waals surface area (Å²) in [5, 5.41) is 4.96. The van der Waals surface area contributed by atoms with Crippen LogP contribution in [0, 0.1) is 13.8 Å². The van der Waals surface area contributed by atoms with Crippen LogP contribution in [0.5, 0.6) is 0 Å². The van der Waals surface area contributed by atoms with Crippen molar-refractivity contribution in [2.24, 2.45) is 0 Å². The van der Waals surface area contributed by atoms with Gasteiger partial charge in [0.2, 0.25) is 0 Å². The Kier molecular flexibility index (Phi) is 3.35.